The quantitative estimate of drug-likeness (QED) is 0.778. The zero-order chi connectivity index (χ0) is 19.2. The van der Waals surface area contributed by atoms with Gasteiger partial charge in [0.2, 0.25) is 5.91 Å². The number of halogens is 2. The maximum atomic E-state index is 12.7. The van der Waals surface area contributed by atoms with Crippen molar-refractivity contribution in [2.45, 2.75) is 18.9 Å². The Morgan fingerprint density at radius 3 is 2.93 bits per heavy atom. The first-order valence-electron chi connectivity index (χ1n) is 8.53. The molecule has 1 fully saturated rings. The van der Waals surface area contributed by atoms with Gasteiger partial charge in [-0.3, -0.25) is 9.69 Å². The van der Waals surface area contributed by atoms with Crippen LogP contribution in [0.2, 0.25) is 0 Å². The van der Waals surface area contributed by atoms with Crippen molar-refractivity contribution in [1.29, 1.82) is 0 Å². The number of anilines is 1. The number of methoxy groups -OCH3 is 1. The molecule has 6 nitrogen and oxygen atoms in total. The van der Waals surface area contributed by atoms with E-state index in [1.54, 1.807) is 13.3 Å². The van der Waals surface area contributed by atoms with Crippen molar-refractivity contribution in [3.05, 3.63) is 40.9 Å². The highest BCUT2D eigenvalue weighted by atomic mass is 32.1. The predicted molar refractivity (Wildman–Crippen MR) is 98.7 cm³/mol. The Kier molecular flexibility index (Phi) is 6.70. The minimum atomic E-state index is -2.49. The highest BCUT2D eigenvalue weighted by Crippen LogP contribution is 2.23. The van der Waals surface area contributed by atoms with Crippen molar-refractivity contribution < 1.29 is 23.0 Å². The normalized spacial score (nSPS) is 17.9. The maximum Gasteiger partial charge on any atom is 0.251 e. The number of thiazole rings is 1. The summed E-state index contributed by atoms with van der Waals surface area (Å²) in [6.45, 7) is 0.313. The molecule has 1 aliphatic rings. The number of morpholine rings is 1. The molecule has 0 bridgehead atoms. The monoisotopic (exact) mass is 397 g/mol. The molecule has 0 saturated carbocycles. The van der Waals surface area contributed by atoms with Gasteiger partial charge in [-0.25, -0.2) is 13.8 Å². The van der Waals surface area contributed by atoms with Gasteiger partial charge in [-0.2, -0.15) is 0 Å². The summed E-state index contributed by atoms with van der Waals surface area (Å²) in [6.07, 6.45) is -0.102. The Morgan fingerprint density at radius 1 is 1.44 bits per heavy atom. The largest absolute Gasteiger partial charge is 0.497 e. The van der Waals surface area contributed by atoms with Crippen LogP contribution in [0.1, 0.15) is 10.4 Å². The van der Waals surface area contributed by atoms with E-state index in [0.29, 0.717) is 24.7 Å². The molecule has 9 heteroatoms. The van der Waals surface area contributed by atoms with Gasteiger partial charge in [0.15, 0.2) is 5.13 Å². The number of alkyl halides is 2. The van der Waals surface area contributed by atoms with Crippen LogP contribution in [0.3, 0.4) is 0 Å². The molecule has 1 aromatic heterocycles. The third-order valence-corrected chi connectivity index (χ3v) is 5.15. The average Bonchev–Trinajstić information content (AvgIpc) is 3.09. The van der Waals surface area contributed by atoms with E-state index in [2.05, 4.69) is 10.3 Å². The minimum Gasteiger partial charge on any atom is -0.497 e. The first-order valence-corrected chi connectivity index (χ1v) is 9.35. The molecule has 1 N–H and O–H groups in total. The molecule has 146 valence electrons. The first-order chi connectivity index (χ1) is 13.0. The summed E-state index contributed by atoms with van der Waals surface area (Å²) >= 11 is 1.36. The second kappa shape index (κ2) is 9.20. The number of nitrogens with one attached hydrogen (secondary N) is 1. The molecule has 1 amide bonds. The van der Waals surface area contributed by atoms with Crippen molar-refractivity contribution in [2.24, 2.45) is 0 Å². The van der Waals surface area contributed by atoms with Crippen LogP contribution < -0.4 is 10.1 Å². The van der Waals surface area contributed by atoms with Crippen LogP contribution in [0.4, 0.5) is 13.9 Å². The van der Waals surface area contributed by atoms with E-state index in [-0.39, 0.29) is 12.5 Å². The number of amides is 1. The number of benzene rings is 1. The van der Waals surface area contributed by atoms with Crippen LogP contribution >= 0.6 is 11.3 Å². The number of carbonyl (C=O) groups excluding carboxylic acids is 1. The Hall–Kier alpha value is -2.10. The van der Waals surface area contributed by atoms with E-state index >= 15 is 0 Å². The molecule has 1 atom stereocenters. The van der Waals surface area contributed by atoms with Crippen LogP contribution in [0.15, 0.2) is 30.5 Å². The molecule has 2 aromatic rings. The molecular weight excluding hydrogens is 376 g/mol. The maximum absolute atomic E-state index is 12.7. The Balaban J connectivity index is 1.59. The first kappa shape index (κ1) is 19.7. The molecule has 2 heterocycles. The highest BCUT2D eigenvalue weighted by molar-refractivity contribution is 7.15. The van der Waals surface area contributed by atoms with Crippen LogP contribution in [-0.4, -0.2) is 61.7 Å². The lowest BCUT2D eigenvalue weighted by molar-refractivity contribution is -0.128. The number of hydrogen-bond donors (Lipinski definition) is 1. The molecule has 1 aromatic carbocycles. The number of aromatic nitrogens is 1. The molecule has 3 rings (SSSR count). The lowest BCUT2D eigenvalue weighted by Gasteiger charge is -2.33. The summed E-state index contributed by atoms with van der Waals surface area (Å²) in [5.74, 6) is 0.416. The van der Waals surface area contributed by atoms with Crippen LogP contribution in [-0.2, 0) is 16.0 Å². The van der Waals surface area contributed by atoms with Gasteiger partial charge in [0.05, 0.1) is 26.9 Å². The Bertz CT molecular complexity index is 755. The van der Waals surface area contributed by atoms with Gasteiger partial charge in [-0.15, -0.1) is 11.3 Å². The molecule has 0 radical (unpaired) electrons. The van der Waals surface area contributed by atoms with Crippen LogP contribution in [0, 0.1) is 0 Å². The van der Waals surface area contributed by atoms with E-state index in [1.165, 1.54) is 16.2 Å². The number of carbonyl (C=O) groups is 1. The van der Waals surface area contributed by atoms with Crippen molar-refractivity contribution in [3.63, 3.8) is 0 Å². The lowest BCUT2D eigenvalue weighted by atomic mass is 10.1. The second-order valence-electron chi connectivity index (χ2n) is 6.12. The second-order valence-corrected chi connectivity index (χ2v) is 7.24. The Morgan fingerprint density at radius 2 is 2.22 bits per heavy atom. The number of nitrogens with zero attached hydrogens (tertiary/aromatic N) is 2. The van der Waals surface area contributed by atoms with Crippen molar-refractivity contribution in [2.75, 3.05) is 38.7 Å². The van der Waals surface area contributed by atoms with E-state index < -0.39 is 19.0 Å². The number of rotatable bonds is 7. The third kappa shape index (κ3) is 5.44. The van der Waals surface area contributed by atoms with Gasteiger partial charge >= 0.3 is 0 Å². The predicted octanol–water partition coefficient (Wildman–Crippen LogP) is 2.65. The SMILES string of the molecule is COc1ccc(Cc2cnc(NC(=O)C3COCCN3CC(F)F)s2)cc1. The van der Waals surface area contributed by atoms with Gasteiger partial charge in [0.1, 0.15) is 11.8 Å². The van der Waals surface area contributed by atoms with E-state index in [0.717, 1.165) is 16.2 Å². The molecule has 1 saturated heterocycles. The fraction of sp³-hybridized carbons (Fsp3) is 0.444. The summed E-state index contributed by atoms with van der Waals surface area (Å²) in [7, 11) is 1.62. The van der Waals surface area contributed by atoms with Crippen molar-refractivity contribution in [3.8, 4) is 5.75 Å². The van der Waals surface area contributed by atoms with E-state index in [4.69, 9.17) is 9.47 Å². The zero-order valence-corrected chi connectivity index (χ0v) is 15.7. The van der Waals surface area contributed by atoms with Crippen molar-refractivity contribution in [1.82, 2.24) is 9.88 Å². The molecule has 0 spiro atoms. The van der Waals surface area contributed by atoms with Gasteiger partial charge in [0.25, 0.3) is 6.43 Å². The van der Waals surface area contributed by atoms with Crippen LogP contribution in [0.5, 0.6) is 5.75 Å². The van der Waals surface area contributed by atoms with Gasteiger partial charge in [-0.05, 0) is 17.7 Å². The minimum absolute atomic E-state index is 0.0998. The molecular formula is C18H21F2N3O3S. The van der Waals surface area contributed by atoms with Gasteiger partial charge in [0, 0.05) is 24.0 Å². The topological polar surface area (TPSA) is 63.7 Å². The fourth-order valence-corrected chi connectivity index (χ4v) is 3.71. The van der Waals surface area contributed by atoms with E-state index in [9.17, 15) is 13.6 Å². The highest BCUT2D eigenvalue weighted by Gasteiger charge is 2.31. The van der Waals surface area contributed by atoms with Gasteiger partial charge < -0.3 is 14.8 Å². The summed E-state index contributed by atoms with van der Waals surface area (Å²) in [5, 5.41) is 3.17. The summed E-state index contributed by atoms with van der Waals surface area (Å²) in [6, 6.07) is 6.98. The van der Waals surface area contributed by atoms with E-state index in [1.807, 2.05) is 24.3 Å². The average molecular weight is 397 g/mol. The molecule has 1 aliphatic heterocycles. The third-order valence-electron chi connectivity index (χ3n) is 4.24. The number of ether oxygens (including phenoxy) is 2. The molecule has 27 heavy (non-hydrogen) atoms. The Labute approximate surface area is 160 Å². The molecule has 1 unspecified atom stereocenters. The summed E-state index contributed by atoms with van der Waals surface area (Å²) < 4.78 is 35.8. The lowest BCUT2D eigenvalue weighted by Crippen LogP contribution is -2.53. The smallest absolute Gasteiger partial charge is 0.251 e. The standard InChI is InChI=1S/C18H21F2N3O3S/c1-25-13-4-2-12(3-5-13)8-14-9-21-18(27-14)22-17(24)15-11-26-7-6-23(15)10-16(19)20/h2-5,9,15-16H,6-8,10-11H2,1H3,(H,21,22,24). The number of hydrogen-bond acceptors (Lipinski definition) is 6. The summed E-state index contributed by atoms with van der Waals surface area (Å²) in [5.41, 5.74) is 1.10. The summed E-state index contributed by atoms with van der Waals surface area (Å²) in [4.78, 5) is 19.1. The fourth-order valence-electron chi connectivity index (χ4n) is 2.86. The molecule has 0 aliphatic carbocycles. The zero-order valence-electron chi connectivity index (χ0n) is 14.9. The van der Waals surface area contributed by atoms with Crippen molar-refractivity contribution >= 4 is 22.4 Å². The van der Waals surface area contributed by atoms with Crippen LogP contribution in [0.25, 0.3) is 0 Å². The van der Waals surface area contributed by atoms with Gasteiger partial charge in [-0.1, -0.05) is 12.1 Å².